The zero-order chi connectivity index (χ0) is 12.3. The molecule has 0 saturated heterocycles. The van der Waals surface area contributed by atoms with Gasteiger partial charge in [0.2, 0.25) is 0 Å². The van der Waals surface area contributed by atoms with E-state index in [2.05, 4.69) is 0 Å². The number of aliphatic hydroxyl groups is 1. The van der Waals surface area contributed by atoms with Crippen LogP contribution in [0.3, 0.4) is 0 Å². The van der Waals surface area contributed by atoms with Crippen LogP contribution in [-0.2, 0) is 0 Å². The molecule has 0 aliphatic rings. The predicted octanol–water partition coefficient (Wildman–Crippen LogP) is 4.08. The SMILES string of the molecule is COc1cc(Cl)c(C(O)CC(C)C)cc1Cl. The molecular weight excluding hydrogens is 247 g/mol. The van der Waals surface area contributed by atoms with Crippen molar-refractivity contribution in [3.8, 4) is 5.75 Å². The van der Waals surface area contributed by atoms with E-state index in [1.165, 1.54) is 7.11 Å². The van der Waals surface area contributed by atoms with Crippen LogP contribution in [0.15, 0.2) is 12.1 Å². The van der Waals surface area contributed by atoms with Crippen molar-refractivity contribution in [3.63, 3.8) is 0 Å². The standard InChI is InChI=1S/C12H16Cl2O2/c1-7(2)4-11(15)8-5-10(14)12(16-3)6-9(8)13/h5-7,11,15H,4H2,1-3H3. The second-order valence-electron chi connectivity index (χ2n) is 4.15. The van der Waals surface area contributed by atoms with E-state index in [0.29, 0.717) is 33.7 Å². The number of methoxy groups -OCH3 is 1. The smallest absolute Gasteiger partial charge is 0.138 e. The van der Waals surface area contributed by atoms with Crippen molar-refractivity contribution in [1.29, 1.82) is 0 Å². The predicted molar refractivity (Wildman–Crippen MR) is 67.4 cm³/mol. The fourth-order valence-electron chi connectivity index (χ4n) is 1.53. The molecule has 0 aliphatic heterocycles. The lowest BCUT2D eigenvalue weighted by atomic mass is 9.99. The summed E-state index contributed by atoms with van der Waals surface area (Å²) < 4.78 is 5.04. The number of aliphatic hydroxyl groups excluding tert-OH is 1. The third kappa shape index (κ3) is 3.27. The molecule has 0 aromatic heterocycles. The van der Waals surface area contributed by atoms with Gasteiger partial charge in [0.15, 0.2) is 0 Å². The molecule has 1 atom stereocenters. The van der Waals surface area contributed by atoms with Gasteiger partial charge in [0.25, 0.3) is 0 Å². The van der Waals surface area contributed by atoms with Crippen LogP contribution < -0.4 is 4.74 Å². The quantitative estimate of drug-likeness (QED) is 0.886. The van der Waals surface area contributed by atoms with E-state index < -0.39 is 6.10 Å². The van der Waals surface area contributed by atoms with Crippen molar-refractivity contribution >= 4 is 23.2 Å². The maximum atomic E-state index is 9.98. The van der Waals surface area contributed by atoms with Gasteiger partial charge in [-0.2, -0.15) is 0 Å². The van der Waals surface area contributed by atoms with Crippen LogP contribution >= 0.6 is 23.2 Å². The zero-order valence-corrected chi connectivity index (χ0v) is 11.1. The summed E-state index contributed by atoms with van der Waals surface area (Å²) in [5.41, 5.74) is 0.654. The van der Waals surface area contributed by atoms with Gasteiger partial charge in [0.1, 0.15) is 5.75 Å². The minimum Gasteiger partial charge on any atom is -0.495 e. The zero-order valence-electron chi connectivity index (χ0n) is 9.63. The van der Waals surface area contributed by atoms with Gasteiger partial charge in [0, 0.05) is 11.6 Å². The summed E-state index contributed by atoms with van der Waals surface area (Å²) in [4.78, 5) is 0. The molecule has 1 N–H and O–H groups in total. The Morgan fingerprint density at radius 2 is 1.88 bits per heavy atom. The summed E-state index contributed by atoms with van der Waals surface area (Å²) in [6.07, 6.45) is 0.0680. The minimum atomic E-state index is -0.587. The van der Waals surface area contributed by atoms with Crippen LogP contribution in [0.1, 0.15) is 31.9 Å². The lowest BCUT2D eigenvalue weighted by Crippen LogP contribution is -2.03. The maximum Gasteiger partial charge on any atom is 0.138 e. The number of hydrogen-bond donors (Lipinski definition) is 1. The highest BCUT2D eigenvalue weighted by Crippen LogP contribution is 2.35. The van der Waals surface area contributed by atoms with Crippen LogP contribution in [0.4, 0.5) is 0 Å². The third-order valence-corrected chi connectivity index (χ3v) is 2.95. The summed E-state index contributed by atoms with van der Waals surface area (Å²) in [5, 5.41) is 10.9. The molecular formula is C12H16Cl2O2. The Hall–Kier alpha value is -0.440. The van der Waals surface area contributed by atoms with Crippen molar-refractivity contribution in [2.24, 2.45) is 5.92 Å². The summed E-state index contributed by atoms with van der Waals surface area (Å²) in [6.45, 7) is 4.09. The van der Waals surface area contributed by atoms with Gasteiger partial charge in [-0.05, 0) is 18.4 Å². The van der Waals surface area contributed by atoms with Crippen LogP contribution in [-0.4, -0.2) is 12.2 Å². The number of ether oxygens (including phenoxy) is 1. The van der Waals surface area contributed by atoms with Gasteiger partial charge >= 0.3 is 0 Å². The van der Waals surface area contributed by atoms with Crippen LogP contribution in [0.2, 0.25) is 10.0 Å². The van der Waals surface area contributed by atoms with E-state index >= 15 is 0 Å². The van der Waals surface area contributed by atoms with E-state index in [9.17, 15) is 5.11 Å². The lowest BCUT2D eigenvalue weighted by molar-refractivity contribution is 0.151. The molecule has 2 nitrogen and oxygen atoms in total. The monoisotopic (exact) mass is 262 g/mol. The normalized spacial score (nSPS) is 12.9. The first-order chi connectivity index (χ1) is 7.45. The summed E-state index contributed by atoms with van der Waals surface area (Å²) >= 11 is 12.0. The molecule has 0 saturated carbocycles. The largest absolute Gasteiger partial charge is 0.495 e. The molecule has 1 unspecified atom stereocenters. The number of hydrogen-bond acceptors (Lipinski definition) is 2. The van der Waals surface area contributed by atoms with Crippen molar-refractivity contribution in [3.05, 3.63) is 27.7 Å². The topological polar surface area (TPSA) is 29.5 Å². The lowest BCUT2D eigenvalue weighted by Gasteiger charge is -2.16. The maximum absolute atomic E-state index is 9.98. The van der Waals surface area contributed by atoms with Crippen LogP contribution in [0, 0.1) is 5.92 Å². The molecule has 1 aromatic carbocycles. The van der Waals surface area contributed by atoms with E-state index in [1.807, 2.05) is 13.8 Å². The Morgan fingerprint density at radius 3 is 2.38 bits per heavy atom. The molecule has 0 heterocycles. The molecule has 4 heteroatoms. The first kappa shape index (κ1) is 13.6. The Labute approximate surface area is 106 Å². The Balaban J connectivity index is 3.01. The van der Waals surface area contributed by atoms with Gasteiger partial charge < -0.3 is 9.84 Å². The molecule has 16 heavy (non-hydrogen) atoms. The highest BCUT2D eigenvalue weighted by molar-refractivity contribution is 6.34. The molecule has 0 bridgehead atoms. The van der Waals surface area contributed by atoms with E-state index in [0.717, 1.165) is 0 Å². The molecule has 0 spiro atoms. The Morgan fingerprint density at radius 1 is 1.25 bits per heavy atom. The number of benzene rings is 1. The van der Waals surface area contributed by atoms with E-state index in [4.69, 9.17) is 27.9 Å². The molecule has 1 rings (SSSR count). The van der Waals surface area contributed by atoms with Crippen LogP contribution in [0.5, 0.6) is 5.75 Å². The highest BCUT2D eigenvalue weighted by Gasteiger charge is 2.16. The Kier molecular flexibility index (Phi) is 4.90. The van der Waals surface area contributed by atoms with Gasteiger partial charge in [0.05, 0.1) is 23.3 Å². The molecule has 90 valence electrons. The average molecular weight is 263 g/mol. The Bertz CT molecular complexity index is 364. The summed E-state index contributed by atoms with van der Waals surface area (Å²) in [6, 6.07) is 3.29. The van der Waals surface area contributed by atoms with Gasteiger partial charge in [-0.15, -0.1) is 0 Å². The van der Waals surface area contributed by atoms with E-state index in [1.54, 1.807) is 12.1 Å². The van der Waals surface area contributed by atoms with Crippen molar-refractivity contribution in [2.45, 2.75) is 26.4 Å². The summed E-state index contributed by atoms with van der Waals surface area (Å²) in [7, 11) is 1.53. The third-order valence-electron chi connectivity index (χ3n) is 2.32. The number of rotatable bonds is 4. The second-order valence-corrected chi connectivity index (χ2v) is 4.97. The van der Waals surface area contributed by atoms with E-state index in [-0.39, 0.29) is 0 Å². The fraction of sp³-hybridized carbons (Fsp3) is 0.500. The minimum absolute atomic E-state index is 0.395. The molecule has 1 aromatic rings. The fourth-order valence-corrected chi connectivity index (χ4v) is 2.06. The molecule has 0 aliphatic carbocycles. The average Bonchev–Trinajstić information content (AvgIpc) is 2.19. The summed E-state index contributed by atoms with van der Waals surface area (Å²) in [5.74, 6) is 0.916. The van der Waals surface area contributed by atoms with Gasteiger partial charge in [-0.3, -0.25) is 0 Å². The van der Waals surface area contributed by atoms with Gasteiger partial charge in [-0.25, -0.2) is 0 Å². The molecule has 0 radical (unpaired) electrons. The second kappa shape index (κ2) is 5.76. The highest BCUT2D eigenvalue weighted by atomic mass is 35.5. The molecule has 0 fully saturated rings. The first-order valence-electron chi connectivity index (χ1n) is 5.16. The van der Waals surface area contributed by atoms with Crippen molar-refractivity contribution in [2.75, 3.05) is 7.11 Å². The number of halogens is 2. The van der Waals surface area contributed by atoms with Crippen molar-refractivity contribution in [1.82, 2.24) is 0 Å². The van der Waals surface area contributed by atoms with Crippen molar-refractivity contribution < 1.29 is 9.84 Å². The molecule has 0 amide bonds. The first-order valence-corrected chi connectivity index (χ1v) is 5.92. The van der Waals surface area contributed by atoms with Gasteiger partial charge in [-0.1, -0.05) is 37.0 Å². The van der Waals surface area contributed by atoms with Crippen LogP contribution in [0.25, 0.3) is 0 Å².